The van der Waals surface area contributed by atoms with Crippen LogP contribution in [0.25, 0.3) is 20.2 Å². The fourth-order valence-electron chi connectivity index (χ4n) is 2.34. The highest BCUT2D eigenvalue weighted by Crippen LogP contribution is 2.42. The molecule has 0 amide bonds. The van der Waals surface area contributed by atoms with Crippen LogP contribution in [0, 0.1) is 0 Å². The number of benzene rings is 2. The van der Waals surface area contributed by atoms with Gasteiger partial charge in [0.2, 0.25) is 0 Å². The zero-order valence-corrected chi connectivity index (χ0v) is 13.0. The van der Waals surface area contributed by atoms with Crippen molar-refractivity contribution >= 4 is 42.8 Å². The first-order valence-electron chi connectivity index (χ1n) is 6.59. The van der Waals surface area contributed by atoms with Crippen LogP contribution in [0.2, 0.25) is 0 Å². The maximum atomic E-state index is 12.5. The highest BCUT2D eigenvalue weighted by Gasteiger charge is 2.14. The van der Waals surface area contributed by atoms with Crippen molar-refractivity contribution in [1.82, 2.24) is 4.58 Å². The SMILES string of the molecule is CC[N+](CC)=c1sc2c([O-])c3ccccc3c(O)c2s1. The number of hydrogen-bond donors (Lipinski definition) is 1. The standard InChI is InChI=1S/C15H15NO2S2/c1-3-16(4-2)15-19-13-11(17)9-7-5-6-8-10(9)12(18)14(13)20-15/h5-8H,3-4H2,1-2H3,(H-,17,18). The number of nitrogens with zero attached hydrogens (tertiary/aromatic N) is 1. The lowest BCUT2D eigenvalue weighted by Crippen LogP contribution is -2.25. The van der Waals surface area contributed by atoms with Crippen LogP contribution in [-0.2, 0) is 0 Å². The van der Waals surface area contributed by atoms with Crippen LogP contribution >= 0.6 is 22.7 Å². The maximum Gasteiger partial charge on any atom is 0.315 e. The van der Waals surface area contributed by atoms with E-state index in [0.29, 0.717) is 20.2 Å². The molecule has 0 aliphatic carbocycles. The molecule has 104 valence electrons. The van der Waals surface area contributed by atoms with E-state index in [9.17, 15) is 10.2 Å². The zero-order valence-electron chi connectivity index (χ0n) is 11.3. The summed E-state index contributed by atoms with van der Waals surface area (Å²) in [6.07, 6.45) is 0. The number of aromatic hydroxyl groups is 1. The van der Waals surface area contributed by atoms with Crippen LogP contribution in [0.15, 0.2) is 24.3 Å². The zero-order chi connectivity index (χ0) is 14.3. The van der Waals surface area contributed by atoms with Gasteiger partial charge in [0.25, 0.3) is 0 Å². The molecule has 0 spiro atoms. The molecular weight excluding hydrogens is 290 g/mol. The Morgan fingerprint density at radius 3 is 2.30 bits per heavy atom. The highest BCUT2D eigenvalue weighted by molar-refractivity contribution is 7.36. The van der Waals surface area contributed by atoms with Gasteiger partial charge in [-0.25, -0.2) is 4.58 Å². The van der Waals surface area contributed by atoms with Gasteiger partial charge in [0.05, 0.1) is 4.70 Å². The molecule has 0 unspecified atom stereocenters. The van der Waals surface area contributed by atoms with Crippen LogP contribution < -0.4 is 13.7 Å². The summed E-state index contributed by atoms with van der Waals surface area (Å²) in [5.74, 6) is 0.253. The normalized spacial score (nSPS) is 11.3. The predicted octanol–water partition coefficient (Wildman–Crippen LogP) is 2.71. The van der Waals surface area contributed by atoms with Crippen molar-refractivity contribution in [3.63, 3.8) is 0 Å². The van der Waals surface area contributed by atoms with E-state index in [1.807, 2.05) is 12.1 Å². The lowest BCUT2D eigenvalue weighted by atomic mass is 10.1. The van der Waals surface area contributed by atoms with Gasteiger partial charge in [0, 0.05) is 10.1 Å². The number of hydrogen-bond acceptors (Lipinski definition) is 4. The van der Waals surface area contributed by atoms with Gasteiger partial charge in [-0.1, -0.05) is 52.7 Å². The second-order valence-electron chi connectivity index (χ2n) is 4.52. The molecule has 0 atom stereocenters. The molecule has 20 heavy (non-hydrogen) atoms. The first kappa shape index (κ1) is 13.4. The minimum atomic E-state index is 0.0213. The molecule has 1 heterocycles. The number of phenols is 1. The average Bonchev–Trinajstić information content (AvgIpc) is 2.92. The molecule has 1 aromatic heterocycles. The Morgan fingerprint density at radius 1 is 1.05 bits per heavy atom. The van der Waals surface area contributed by atoms with Crippen LogP contribution in [0.5, 0.6) is 11.5 Å². The van der Waals surface area contributed by atoms with E-state index in [1.54, 1.807) is 12.1 Å². The molecule has 0 aliphatic heterocycles. The van der Waals surface area contributed by atoms with Gasteiger partial charge in [0.1, 0.15) is 18.8 Å². The fourth-order valence-corrected chi connectivity index (χ4v) is 5.16. The summed E-state index contributed by atoms with van der Waals surface area (Å²) < 4.78 is 4.65. The summed E-state index contributed by atoms with van der Waals surface area (Å²) in [6.45, 7) is 5.98. The molecule has 0 bridgehead atoms. The Bertz CT molecular complexity index is 794. The minimum absolute atomic E-state index is 0.0213. The predicted molar refractivity (Wildman–Crippen MR) is 84.7 cm³/mol. The van der Waals surface area contributed by atoms with E-state index in [0.717, 1.165) is 17.1 Å². The Morgan fingerprint density at radius 2 is 1.65 bits per heavy atom. The Hall–Kier alpha value is -1.59. The van der Waals surface area contributed by atoms with Crippen LogP contribution in [0.4, 0.5) is 0 Å². The van der Waals surface area contributed by atoms with Crippen molar-refractivity contribution in [3.8, 4) is 11.5 Å². The number of rotatable bonds is 2. The van der Waals surface area contributed by atoms with Crippen LogP contribution in [0.3, 0.4) is 0 Å². The molecule has 5 heteroatoms. The minimum Gasteiger partial charge on any atom is -0.871 e. The Kier molecular flexibility index (Phi) is 3.40. The first-order valence-corrected chi connectivity index (χ1v) is 8.22. The highest BCUT2D eigenvalue weighted by atomic mass is 32.2. The molecule has 0 fully saturated rings. The molecule has 3 rings (SSSR count). The summed E-state index contributed by atoms with van der Waals surface area (Å²) in [7, 11) is 0. The summed E-state index contributed by atoms with van der Waals surface area (Å²) in [4.78, 5) is 0. The molecule has 3 nitrogen and oxygen atoms in total. The van der Waals surface area contributed by atoms with E-state index >= 15 is 0 Å². The maximum absolute atomic E-state index is 12.5. The second kappa shape index (κ2) is 5.07. The van der Waals surface area contributed by atoms with Crippen LogP contribution in [0.1, 0.15) is 13.8 Å². The summed E-state index contributed by atoms with van der Waals surface area (Å²) in [5, 5.41) is 24.2. The molecule has 2 aromatic carbocycles. The fraction of sp³-hybridized carbons (Fsp3) is 0.267. The summed E-state index contributed by atoms with van der Waals surface area (Å²) in [5.41, 5.74) is 0. The first-order chi connectivity index (χ1) is 9.67. The van der Waals surface area contributed by atoms with Crippen molar-refractivity contribution in [2.45, 2.75) is 13.8 Å². The molecule has 1 N–H and O–H groups in total. The smallest absolute Gasteiger partial charge is 0.315 e. The third-order valence-corrected chi connectivity index (χ3v) is 6.14. The van der Waals surface area contributed by atoms with Gasteiger partial charge in [-0.05, 0) is 19.2 Å². The second-order valence-corrected chi connectivity index (χ2v) is 6.78. The number of phenolic OH excluding ortho intramolecular Hbond substituents is 1. The van der Waals surface area contributed by atoms with Crippen LogP contribution in [-0.4, -0.2) is 18.2 Å². The van der Waals surface area contributed by atoms with Crippen molar-refractivity contribution in [2.75, 3.05) is 13.1 Å². The Labute approximate surface area is 124 Å². The van der Waals surface area contributed by atoms with Crippen molar-refractivity contribution in [2.24, 2.45) is 0 Å². The topological polar surface area (TPSA) is 46.3 Å². The van der Waals surface area contributed by atoms with Gasteiger partial charge in [0.15, 0.2) is 0 Å². The van der Waals surface area contributed by atoms with E-state index in [1.165, 1.54) is 22.7 Å². The molecular formula is C15H15NO2S2. The van der Waals surface area contributed by atoms with E-state index in [-0.39, 0.29) is 11.5 Å². The van der Waals surface area contributed by atoms with Gasteiger partial charge in [-0.15, -0.1) is 0 Å². The monoisotopic (exact) mass is 305 g/mol. The van der Waals surface area contributed by atoms with Gasteiger partial charge >= 0.3 is 3.98 Å². The van der Waals surface area contributed by atoms with Gasteiger partial charge in [-0.3, -0.25) is 0 Å². The summed E-state index contributed by atoms with van der Waals surface area (Å²) >= 11 is 2.99. The lowest BCUT2D eigenvalue weighted by Gasteiger charge is -2.12. The van der Waals surface area contributed by atoms with Crippen molar-refractivity contribution in [1.29, 1.82) is 0 Å². The quantitative estimate of drug-likeness (QED) is 0.740. The molecule has 0 aliphatic rings. The van der Waals surface area contributed by atoms with Crippen molar-refractivity contribution < 1.29 is 10.2 Å². The molecule has 0 saturated carbocycles. The average molecular weight is 305 g/mol. The Balaban J connectivity index is 2.52. The lowest BCUT2D eigenvalue weighted by molar-refractivity contribution is -0.263. The van der Waals surface area contributed by atoms with Crippen molar-refractivity contribution in [3.05, 3.63) is 28.3 Å². The van der Waals surface area contributed by atoms with E-state index in [4.69, 9.17) is 0 Å². The van der Waals surface area contributed by atoms with Gasteiger partial charge < -0.3 is 10.2 Å². The third kappa shape index (κ3) is 1.89. The number of fused-ring (bicyclic) bond motifs is 2. The van der Waals surface area contributed by atoms with E-state index in [2.05, 4.69) is 18.4 Å². The molecule has 0 saturated heterocycles. The largest absolute Gasteiger partial charge is 0.871 e. The summed E-state index contributed by atoms with van der Waals surface area (Å²) in [6, 6.07) is 7.25. The molecule has 0 radical (unpaired) electrons. The third-order valence-electron chi connectivity index (χ3n) is 3.45. The van der Waals surface area contributed by atoms with E-state index < -0.39 is 0 Å². The molecule has 3 aromatic rings. The van der Waals surface area contributed by atoms with Gasteiger partial charge in [-0.2, -0.15) is 0 Å².